The van der Waals surface area contributed by atoms with Gasteiger partial charge in [-0.2, -0.15) is 0 Å². The van der Waals surface area contributed by atoms with Crippen molar-refractivity contribution in [3.05, 3.63) is 0 Å². The molecule has 13 heavy (non-hydrogen) atoms. The van der Waals surface area contributed by atoms with Gasteiger partial charge in [0.15, 0.2) is 0 Å². The zero-order chi connectivity index (χ0) is 9.68. The lowest BCUT2D eigenvalue weighted by Gasteiger charge is -2.13. The van der Waals surface area contributed by atoms with E-state index in [0.29, 0.717) is 12.5 Å². The lowest BCUT2D eigenvalue weighted by Crippen LogP contribution is -2.24. The zero-order valence-corrected chi connectivity index (χ0v) is 8.92. The fourth-order valence-corrected chi connectivity index (χ4v) is 1.72. The highest BCUT2D eigenvalue weighted by Crippen LogP contribution is 2.37. The molecule has 0 bridgehead atoms. The standard InChI is InChI=1S/C11H23NO/c1-9(2)7-12-6-5-11(8-13)10-3-4-10/h9-13H,3-8H2,1-2H3. The summed E-state index contributed by atoms with van der Waals surface area (Å²) in [6.07, 6.45) is 3.83. The van der Waals surface area contributed by atoms with Gasteiger partial charge in [-0.15, -0.1) is 0 Å². The molecule has 2 N–H and O–H groups in total. The van der Waals surface area contributed by atoms with Crippen LogP contribution >= 0.6 is 0 Å². The third-order valence-electron chi connectivity index (χ3n) is 2.77. The second kappa shape index (κ2) is 5.61. The summed E-state index contributed by atoms with van der Waals surface area (Å²) < 4.78 is 0. The summed E-state index contributed by atoms with van der Waals surface area (Å²) in [5, 5.41) is 12.5. The largest absolute Gasteiger partial charge is 0.396 e. The van der Waals surface area contributed by atoms with Crippen molar-refractivity contribution in [1.82, 2.24) is 5.32 Å². The second-order valence-electron chi connectivity index (χ2n) is 4.67. The first-order valence-electron chi connectivity index (χ1n) is 5.55. The molecule has 1 saturated carbocycles. The minimum absolute atomic E-state index is 0.383. The highest BCUT2D eigenvalue weighted by atomic mass is 16.3. The number of hydrogen-bond acceptors (Lipinski definition) is 2. The summed E-state index contributed by atoms with van der Waals surface area (Å²) >= 11 is 0. The molecular weight excluding hydrogens is 162 g/mol. The van der Waals surface area contributed by atoms with Crippen LogP contribution in [0.15, 0.2) is 0 Å². The molecular formula is C11H23NO. The number of aliphatic hydroxyl groups excluding tert-OH is 1. The van der Waals surface area contributed by atoms with E-state index in [0.717, 1.165) is 31.3 Å². The molecule has 0 spiro atoms. The molecule has 1 unspecified atom stereocenters. The Hall–Kier alpha value is -0.0800. The Kier molecular flexibility index (Phi) is 4.74. The van der Waals surface area contributed by atoms with Gasteiger partial charge in [0.05, 0.1) is 0 Å². The topological polar surface area (TPSA) is 32.3 Å². The van der Waals surface area contributed by atoms with E-state index in [1.807, 2.05) is 0 Å². The fraction of sp³-hybridized carbons (Fsp3) is 1.00. The average Bonchev–Trinajstić information content (AvgIpc) is 2.87. The van der Waals surface area contributed by atoms with Crippen LogP contribution in [0.1, 0.15) is 33.1 Å². The molecule has 0 heterocycles. The number of hydrogen-bond donors (Lipinski definition) is 2. The molecule has 0 aromatic carbocycles. The summed E-state index contributed by atoms with van der Waals surface area (Å²) in [5.74, 6) is 2.14. The van der Waals surface area contributed by atoms with Gasteiger partial charge in [0, 0.05) is 6.61 Å². The Balaban J connectivity index is 1.96. The van der Waals surface area contributed by atoms with E-state index >= 15 is 0 Å². The van der Waals surface area contributed by atoms with Gasteiger partial charge in [-0.05, 0) is 50.1 Å². The Morgan fingerprint density at radius 1 is 1.38 bits per heavy atom. The second-order valence-corrected chi connectivity index (χ2v) is 4.67. The van der Waals surface area contributed by atoms with Gasteiger partial charge in [0.1, 0.15) is 0 Å². The van der Waals surface area contributed by atoms with E-state index in [-0.39, 0.29) is 0 Å². The number of nitrogens with one attached hydrogen (secondary N) is 1. The zero-order valence-electron chi connectivity index (χ0n) is 8.92. The summed E-state index contributed by atoms with van der Waals surface area (Å²) in [6.45, 7) is 6.99. The van der Waals surface area contributed by atoms with E-state index in [4.69, 9.17) is 5.11 Å². The minimum Gasteiger partial charge on any atom is -0.396 e. The minimum atomic E-state index is 0.383. The third kappa shape index (κ3) is 4.63. The van der Waals surface area contributed by atoms with Crippen LogP contribution < -0.4 is 5.32 Å². The van der Waals surface area contributed by atoms with E-state index in [1.165, 1.54) is 12.8 Å². The molecule has 0 radical (unpaired) electrons. The summed E-state index contributed by atoms with van der Waals surface area (Å²) in [7, 11) is 0. The van der Waals surface area contributed by atoms with Crippen LogP contribution in [0.5, 0.6) is 0 Å². The van der Waals surface area contributed by atoms with Gasteiger partial charge in [-0.3, -0.25) is 0 Å². The first-order valence-corrected chi connectivity index (χ1v) is 5.55. The van der Waals surface area contributed by atoms with Crippen molar-refractivity contribution >= 4 is 0 Å². The molecule has 1 aliphatic rings. The molecule has 1 rings (SSSR count). The quantitative estimate of drug-likeness (QED) is 0.591. The first kappa shape index (κ1) is 11.0. The Morgan fingerprint density at radius 3 is 2.54 bits per heavy atom. The maximum Gasteiger partial charge on any atom is 0.0462 e. The van der Waals surface area contributed by atoms with Crippen molar-refractivity contribution in [2.75, 3.05) is 19.7 Å². The molecule has 0 saturated heterocycles. The molecule has 78 valence electrons. The van der Waals surface area contributed by atoms with Crippen molar-refractivity contribution in [2.45, 2.75) is 33.1 Å². The number of aliphatic hydroxyl groups is 1. The predicted octanol–water partition coefficient (Wildman–Crippen LogP) is 1.64. The van der Waals surface area contributed by atoms with Crippen LogP contribution in [0.3, 0.4) is 0 Å². The Bertz CT molecular complexity index is 132. The van der Waals surface area contributed by atoms with Crippen molar-refractivity contribution in [2.24, 2.45) is 17.8 Å². The van der Waals surface area contributed by atoms with Crippen LogP contribution in [0, 0.1) is 17.8 Å². The lowest BCUT2D eigenvalue weighted by molar-refractivity contribution is 0.200. The highest BCUT2D eigenvalue weighted by molar-refractivity contribution is 4.81. The highest BCUT2D eigenvalue weighted by Gasteiger charge is 2.29. The van der Waals surface area contributed by atoms with Crippen LogP contribution in [0.2, 0.25) is 0 Å². The summed E-state index contributed by atoms with van der Waals surface area (Å²) in [6, 6.07) is 0. The van der Waals surface area contributed by atoms with Gasteiger partial charge >= 0.3 is 0 Å². The predicted molar refractivity (Wildman–Crippen MR) is 55.6 cm³/mol. The van der Waals surface area contributed by atoms with Crippen LogP contribution in [0.4, 0.5) is 0 Å². The van der Waals surface area contributed by atoms with Gasteiger partial charge in [0.2, 0.25) is 0 Å². The molecule has 0 aromatic rings. The van der Waals surface area contributed by atoms with E-state index in [9.17, 15) is 0 Å². The van der Waals surface area contributed by atoms with Crippen molar-refractivity contribution < 1.29 is 5.11 Å². The van der Waals surface area contributed by atoms with Crippen molar-refractivity contribution in [1.29, 1.82) is 0 Å². The van der Waals surface area contributed by atoms with Crippen LogP contribution in [0.25, 0.3) is 0 Å². The molecule has 1 atom stereocenters. The average molecular weight is 185 g/mol. The van der Waals surface area contributed by atoms with Crippen LogP contribution in [-0.2, 0) is 0 Å². The molecule has 0 aromatic heterocycles. The van der Waals surface area contributed by atoms with E-state index in [1.54, 1.807) is 0 Å². The number of rotatable bonds is 7. The van der Waals surface area contributed by atoms with E-state index in [2.05, 4.69) is 19.2 Å². The maximum absolute atomic E-state index is 9.12. The summed E-state index contributed by atoms with van der Waals surface area (Å²) in [4.78, 5) is 0. The Morgan fingerprint density at radius 2 is 2.08 bits per heavy atom. The fourth-order valence-electron chi connectivity index (χ4n) is 1.72. The van der Waals surface area contributed by atoms with Crippen molar-refractivity contribution in [3.63, 3.8) is 0 Å². The summed E-state index contributed by atoms with van der Waals surface area (Å²) in [5.41, 5.74) is 0. The van der Waals surface area contributed by atoms with Gasteiger partial charge in [0.25, 0.3) is 0 Å². The molecule has 0 aliphatic heterocycles. The first-order chi connectivity index (χ1) is 6.24. The van der Waals surface area contributed by atoms with Gasteiger partial charge in [-0.1, -0.05) is 13.8 Å². The van der Waals surface area contributed by atoms with E-state index < -0.39 is 0 Å². The molecule has 1 fully saturated rings. The smallest absolute Gasteiger partial charge is 0.0462 e. The third-order valence-corrected chi connectivity index (χ3v) is 2.77. The lowest BCUT2D eigenvalue weighted by atomic mass is 10.0. The monoisotopic (exact) mass is 185 g/mol. The Labute approximate surface area is 81.7 Å². The maximum atomic E-state index is 9.12. The van der Waals surface area contributed by atoms with Crippen molar-refractivity contribution in [3.8, 4) is 0 Å². The molecule has 2 heteroatoms. The van der Waals surface area contributed by atoms with Gasteiger partial charge < -0.3 is 10.4 Å². The normalized spacial score (nSPS) is 19.4. The van der Waals surface area contributed by atoms with Gasteiger partial charge in [-0.25, -0.2) is 0 Å². The van der Waals surface area contributed by atoms with Crippen LogP contribution in [-0.4, -0.2) is 24.8 Å². The molecule has 0 amide bonds. The molecule has 2 nitrogen and oxygen atoms in total. The SMILES string of the molecule is CC(C)CNCCC(CO)C1CC1. The molecule has 1 aliphatic carbocycles.